The van der Waals surface area contributed by atoms with Crippen LogP contribution >= 0.6 is 0 Å². The molecule has 0 aliphatic carbocycles. The van der Waals surface area contributed by atoms with Crippen molar-refractivity contribution in [3.63, 3.8) is 0 Å². The van der Waals surface area contributed by atoms with Gasteiger partial charge in [0.15, 0.2) is 0 Å². The van der Waals surface area contributed by atoms with Gasteiger partial charge in [0.25, 0.3) is 5.91 Å². The Hall–Kier alpha value is -3.59. The number of rotatable bonds is 9. The highest BCUT2D eigenvalue weighted by molar-refractivity contribution is 5.97. The van der Waals surface area contributed by atoms with Gasteiger partial charge in [0.2, 0.25) is 11.9 Å². The third-order valence-electron chi connectivity index (χ3n) is 5.53. The van der Waals surface area contributed by atoms with Gasteiger partial charge in [0, 0.05) is 17.8 Å². The van der Waals surface area contributed by atoms with Crippen molar-refractivity contribution >= 4 is 23.5 Å². The van der Waals surface area contributed by atoms with Crippen LogP contribution in [0.2, 0.25) is 0 Å². The molecule has 1 saturated heterocycles. The summed E-state index contributed by atoms with van der Waals surface area (Å²) >= 11 is 0. The molecule has 9 heteroatoms. The molecule has 0 radical (unpaired) electrons. The minimum atomic E-state index is -0.362. The fourth-order valence-corrected chi connectivity index (χ4v) is 3.84. The molecule has 9 nitrogen and oxygen atoms in total. The normalized spacial score (nSPS) is 14.2. The van der Waals surface area contributed by atoms with E-state index in [-0.39, 0.29) is 23.9 Å². The van der Waals surface area contributed by atoms with Crippen LogP contribution in [0.25, 0.3) is 0 Å². The zero-order valence-corrected chi connectivity index (χ0v) is 19.7. The van der Waals surface area contributed by atoms with Crippen molar-refractivity contribution in [3.05, 3.63) is 54.1 Å². The summed E-state index contributed by atoms with van der Waals surface area (Å²) in [4.78, 5) is 19.5. The van der Waals surface area contributed by atoms with E-state index in [1.165, 1.54) is 19.3 Å². The van der Waals surface area contributed by atoms with Crippen LogP contribution in [0.15, 0.2) is 48.5 Å². The average Bonchev–Trinajstić information content (AvgIpc) is 3.20. The van der Waals surface area contributed by atoms with Gasteiger partial charge in [-0.15, -0.1) is 5.10 Å². The number of aromatic nitrogens is 3. The van der Waals surface area contributed by atoms with Crippen LogP contribution in [-0.4, -0.2) is 57.9 Å². The van der Waals surface area contributed by atoms with Gasteiger partial charge in [0.1, 0.15) is 18.1 Å². The molecular formula is C25H32N6O3. The number of carbonyl (C=O) groups is 1. The molecule has 3 N–H and O–H groups in total. The number of likely N-dealkylation sites (tertiary alicyclic amines) is 1. The third-order valence-corrected chi connectivity index (χ3v) is 5.53. The van der Waals surface area contributed by atoms with Crippen molar-refractivity contribution in [1.29, 1.82) is 0 Å². The van der Waals surface area contributed by atoms with Crippen LogP contribution in [0, 0.1) is 0 Å². The second-order valence-corrected chi connectivity index (χ2v) is 8.60. The quantitative estimate of drug-likeness (QED) is 0.490. The maximum atomic E-state index is 12.9. The smallest absolute Gasteiger partial charge is 0.281 e. The number of ether oxygens (including phenoxy) is 2. The van der Waals surface area contributed by atoms with Gasteiger partial charge in [0.05, 0.1) is 6.10 Å². The molecule has 0 amide bonds. The first-order valence-electron chi connectivity index (χ1n) is 11.7. The number of piperidine rings is 1. The Morgan fingerprint density at radius 2 is 1.71 bits per heavy atom. The van der Waals surface area contributed by atoms with Crippen molar-refractivity contribution in [2.24, 2.45) is 0 Å². The van der Waals surface area contributed by atoms with Gasteiger partial charge in [-0.25, -0.2) is 0 Å². The maximum absolute atomic E-state index is 12.9. The van der Waals surface area contributed by atoms with E-state index in [4.69, 9.17) is 15.2 Å². The predicted molar refractivity (Wildman–Crippen MR) is 132 cm³/mol. The van der Waals surface area contributed by atoms with E-state index in [1.807, 2.05) is 38.1 Å². The molecule has 0 saturated carbocycles. The number of hydrogen-bond donors (Lipinski definition) is 2. The van der Waals surface area contributed by atoms with E-state index in [9.17, 15) is 4.79 Å². The summed E-state index contributed by atoms with van der Waals surface area (Å²) in [5.41, 5.74) is 7.16. The van der Waals surface area contributed by atoms with Gasteiger partial charge in [-0.05, 0) is 88.3 Å². The number of nitrogen functional groups attached to an aromatic ring is 1. The molecule has 0 bridgehead atoms. The monoisotopic (exact) mass is 464 g/mol. The second-order valence-electron chi connectivity index (χ2n) is 8.60. The highest BCUT2D eigenvalue weighted by Crippen LogP contribution is 2.21. The Kier molecular flexibility index (Phi) is 7.64. The molecule has 1 aromatic heterocycles. The molecule has 0 unspecified atom stereocenters. The summed E-state index contributed by atoms with van der Waals surface area (Å²) in [6.45, 7) is 7.78. The van der Waals surface area contributed by atoms with Crippen LogP contribution < -0.4 is 20.5 Å². The van der Waals surface area contributed by atoms with Crippen LogP contribution in [-0.2, 0) is 0 Å². The maximum Gasteiger partial charge on any atom is 0.281 e. The molecule has 4 rings (SSSR count). The molecule has 1 aliphatic rings. The molecular weight excluding hydrogens is 432 g/mol. The molecule has 1 aliphatic heterocycles. The number of hydrogen-bond acceptors (Lipinski definition) is 8. The fourth-order valence-electron chi connectivity index (χ4n) is 3.84. The minimum absolute atomic E-state index is 0.00844. The largest absolute Gasteiger partial charge is 0.492 e. The summed E-state index contributed by atoms with van der Waals surface area (Å²) in [6.07, 6.45) is 3.95. The fraction of sp³-hybridized carbons (Fsp3) is 0.400. The molecule has 0 atom stereocenters. The van der Waals surface area contributed by atoms with E-state index in [1.54, 1.807) is 24.3 Å². The molecule has 2 heterocycles. The first-order valence-corrected chi connectivity index (χ1v) is 11.7. The van der Waals surface area contributed by atoms with Gasteiger partial charge in [-0.1, -0.05) is 6.42 Å². The predicted octanol–water partition coefficient (Wildman–Crippen LogP) is 3.94. The number of benzene rings is 2. The van der Waals surface area contributed by atoms with Crippen molar-refractivity contribution in [2.75, 3.05) is 37.3 Å². The standard InChI is InChI=1S/C25H32N6O3/c1-18(2)34-22-12-8-20(9-13-22)27-25-28-24(26)31(29-25)23(32)19-6-10-21(11-7-19)33-17-16-30-14-4-3-5-15-30/h6-13,18H,3-5,14-17H2,1-2H3,(H3,26,27,28,29). The summed E-state index contributed by atoms with van der Waals surface area (Å²) in [5, 5.41) is 7.28. The lowest BCUT2D eigenvalue weighted by atomic mass is 10.1. The Labute approximate surface area is 199 Å². The van der Waals surface area contributed by atoms with Crippen molar-refractivity contribution in [2.45, 2.75) is 39.2 Å². The summed E-state index contributed by atoms with van der Waals surface area (Å²) in [7, 11) is 0. The third kappa shape index (κ3) is 6.26. The van der Waals surface area contributed by atoms with Crippen molar-refractivity contribution < 1.29 is 14.3 Å². The van der Waals surface area contributed by atoms with E-state index in [2.05, 4.69) is 20.3 Å². The average molecular weight is 465 g/mol. The van der Waals surface area contributed by atoms with Crippen molar-refractivity contribution in [3.8, 4) is 11.5 Å². The van der Waals surface area contributed by atoms with Crippen LogP contribution in [0.5, 0.6) is 11.5 Å². The Bertz CT molecular complexity index is 1070. The number of nitrogens with one attached hydrogen (secondary N) is 1. The Balaban J connectivity index is 1.33. The van der Waals surface area contributed by atoms with Crippen molar-refractivity contribution in [1.82, 2.24) is 19.7 Å². The minimum Gasteiger partial charge on any atom is -0.492 e. The first kappa shape index (κ1) is 23.6. The molecule has 1 fully saturated rings. The highest BCUT2D eigenvalue weighted by Gasteiger charge is 2.16. The van der Waals surface area contributed by atoms with Crippen LogP contribution in [0.1, 0.15) is 43.5 Å². The van der Waals surface area contributed by atoms with E-state index in [0.717, 1.165) is 41.5 Å². The number of nitrogens with two attached hydrogens (primary N) is 1. The van der Waals surface area contributed by atoms with Gasteiger partial charge >= 0.3 is 0 Å². The SMILES string of the molecule is CC(C)Oc1ccc(Nc2nc(N)n(C(=O)c3ccc(OCCN4CCCCC4)cc3)n2)cc1. The summed E-state index contributed by atoms with van der Waals surface area (Å²) < 4.78 is 12.6. The molecule has 0 spiro atoms. The lowest BCUT2D eigenvalue weighted by Crippen LogP contribution is -2.33. The van der Waals surface area contributed by atoms with E-state index >= 15 is 0 Å². The zero-order chi connectivity index (χ0) is 23.9. The van der Waals surface area contributed by atoms with E-state index < -0.39 is 0 Å². The van der Waals surface area contributed by atoms with Gasteiger partial charge in [-0.2, -0.15) is 9.67 Å². The lowest BCUT2D eigenvalue weighted by Gasteiger charge is -2.26. The van der Waals surface area contributed by atoms with Gasteiger partial charge < -0.3 is 20.5 Å². The second kappa shape index (κ2) is 11.0. The van der Waals surface area contributed by atoms with Gasteiger partial charge in [-0.3, -0.25) is 9.69 Å². The first-order chi connectivity index (χ1) is 16.5. The Morgan fingerprint density at radius 3 is 2.38 bits per heavy atom. The highest BCUT2D eigenvalue weighted by atomic mass is 16.5. The van der Waals surface area contributed by atoms with Crippen LogP contribution in [0.3, 0.4) is 0 Å². The summed E-state index contributed by atoms with van der Waals surface area (Å²) in [6, 6.07) is 14.4. The number of anilines is 3. The van der Waals surface area contributed by atoms with Crippen LogP contribution in [0.4, 0.5) is 17.6 Å². The zero-order valence-electron chi connectivity index (χ0n) is 19.7. The number of nitrogens with zero attached hydrogens (tertiary/aromatic N) is 4. The van der Waals surface area contributed by atoms with E-state index in [0.29, 0.717) is 12.2 Å². The molecule has 3 aromatic rings. The molecule has 2 aromatic carbocycles. The topological polar surface area (TPSA) is 108 Å². The number of carbonyl (C=O) groups excluding carboxylic acids is 1. The molecule has 34 heavy (non-hydrogen) atoms. The lowest BCUT2D eigenvalue weighted by molar-refractivity contribution is 0.0948. The Morgan fingerprint density at radius 1 is 1.03 bits per heavy atom. The molecule has 180 valence electrons. The summed E-state index contributed by atoms with van der Waals surface area (Å²) in [5.74, 6) is 1.38.